The van der Waals surface area contributed by atoms with Crippen LogP contribution < -0.4 is 0 Å². The fraction of sp³-hybridized carbons (Fsp3) is 0.150. The lowest BCUT2D eigenvalue weighted by molar-refractivity contribution is -0.0257. The van der Waals surface area contributed by atoms with E-state index < -0.39 is 5.72 Å². The maximum atomic E-state index is 11.6. The van der Waals surface area contributed by atoms with Gasteiger partial charge in [-0.2, -0.15) is 0 Å². The van der Waals surface area contributed by atoms with Crippen LogP contribution in [0.25, 0.3) is 10.8 Å². The highest BCUT2D eigenvalue weighted by Crippen LogP contribution is 2.44. The molecule has 2 nitrogen and oxygen atoms in total. The maximum Gasteiger partial charge on any atom is 0.192 e. The summed E-state index contributed by atoms with van der Waals surface area (Å²) < 4.78 is 0. The van der Waals surface area contributed by atoms with Crippen LogP contribution in [-0.2, 0) is 5.72 Å². The summed E-state index contributed by atoms with van der Waals surface area (Å²) in [6, 6.07) is 22.0. The van der Waals surface area contributed by atoms with E-state index in [4.69, 9.17) is 12.2 Å². The molecule has 1 unspecified atom stereocenters. The van der Waals surface area contributed by atoms with Crippen molar-refractivity contribution in [3.63, 3.8) is 0 Å². The van der Waals surface area contributed by atoms with Gasteiger partial charge in [-0.3, -0.25) is 0 Å². The zero-order valence-corrected chi connectivity index (χ0v) is 13.7. The molecule has 0 fully saturated rings. The van der Waals surface area contributed by atoms with Crippen LogP contribution in [0.2, 0.25) is 0 Å². The van der Waals surface area contributed by atoms with Gasteiger partial charge in [0.25, 0.3) is 0 Å². The molecule has 0 amide bonds. The summed E-state index contributed by atoms with van der Waals surface area (Å²) in [7, 11) is 0. The molecule has 3 aromatic rings. The molecule has 1 aliphatic heterocycles. The normalized spacial score (nSPS) is 20.1. The molecule has 3 heteroatoms. The minimum Gasteiger partial charge on any atom is -0.363 e. The lowest BCUT2D eigenvalue weighted by Gasteiger charge is -2.35. The molecule has 4 rings (SSSR count). The van der Waals surface area contributed by atoms with Crippen LogP contribution in [0.15, 0.2) is 66.7 Å². The fourth-order valence-corrected chi connectivity index (χ4v) is 4.06. The number of nitrogens with zero attached hydrogens (tertiary/aromatic N) is 1. The van der Waals surface area contributed by atoms with Crippen molar-refractivity contribution in [2.75, 3.05) is 6.54 Å². The van der Waals surface area contributed by atoms with Gasteiger partial charge < -0.3 is 10.0 Å². The number of fused-ring (bicyclic) bond motifs is 3. The zero-order chi connectivity index (χ0) is 16.0. The van der Waals surface area contributed by atoms with Crippen LogP contribution in [-0.4, -0.2) is 21.5 Å². The molecule has 0 aliphatic carbocycles. The van der Waals surface area contributed by atoms with Crippen molar-refractivity contribution in [3.05, 3.63) is 83.4 Å². The molecule has 0 aromatic heterocycles. The number of benzene rings is 3. The third-order valence-electron chi connectivity index (χ3n) is 4.65. The second-order valence-electron chi connectivity index (χ2n) is 5.80. The van der Waals surface area contributed by atoms with Crippen molar-refractivity contribution in [1.29, 1.82) is 0 Å². The minimum atomic E-state index is -1.20. The minimum absolute atomic E-state index is 0.646. The summed E-state index contributed by atoms with van der Waals surface area (Å²) >= 11 is 5.74. The van der Waals surface area contributed by atoms with Gasteiger partial charge in [0.1, 0.15) is 4.99 Å². The van der Waals surface area contributed by atoms with E-state index in [9.17, 15) is 5.11 Å². The van der Waals surface area contributed by atoms with Crippen molar-refractivity contribution in [1.82, 2.24) is 4.90 Å². The van der Waals surface area contributed by atoms with Crippen LogP contribution in [0, 0.1) is 0 Å². The Morgan fingerprint density at radius 3 is 2.39 bits per heavy atom. The first kappa shape index (κ1) is 14.4. The first-order valence-electron chi connectivity index (χ1n) is 7.80. The second-order valence-corrected chi connectivity index (χ2v) is 6.18. The van der Waals surface area contributed by atoms with Crippen LogP contribution in [0.1, 0.15) is 23.6 Å². The Balaban J connectivity index is 2.07. The molecule has 0 radical (unpaired) electrons. The number of hydrogen-bond donors (Lipinski definition) is 1. The summed E-state index contributed by atoms with van der Waals surface area (Å²) in [5, 5.41) is 13.9. The van der Waals surface area contributed by atoms with Crippen molar-refractivity contribution in [2.45, 2.75) is 12.6 Å². The van der Waals surface area contributed by atoms with Gasteiger partial charge in [0.2, 0.25) is 0 Å². The van der Waals surface area contributed by atoms with E-state index in [-0.39, 0.29) is 0 Å². The highest BCUT2D eigenvalue weighted by atomic mass is 32.1. The lowest BCUT2D eigenvalue weighted by atomic mass is 9.91. The average molecular weight is 319 g/mol. The summed E-state index contributed by atoms with van der Waals surface area (Å²) in [5.41, 5.74) is 1.49. The zero-order valence-electron chi connectivity index (χ0n) is 12.9. The highest BCUT2D eigenvalue weighted by Gasteiger charge is 2.47. The van der Waals surface area contributed by atoms with Crippen LogP contribution in [0.4, 0.5) is 0 Å². The molecule has 0 bridgehead atoms. The van der Waals surface area contributed by atoms with Gasteiger partial charge in [-0.25, -0.2) is 0 Å². The van der Waals surface area contributed by atoms with Crippen molar-refractivity contribution in [2.24, 2.45) is 0 Å². The fourth-order valence-electron chi connectivity index (χ4n) is 3.57. The van der Waals surface area contributed by atoms with E-state index in [0.717, 1.165) is 27.5 Å². The van der Waals surface area contributed by atoms with Crippen molar-refractivity contribution >= 4 is 28.0 Å². The van der Waals surface area contributed by atoms with Gasteiger partial charge in [0.05, 0.1) is 0 Å². The Morgan fingerprint density at radius 1 is 0.957 bits per heavy atom. The van der Waals surface area contributed by atoms with E-state index in [0.29, 0.717) is 11.5 Å². The van der Waals surface area contributed by atoms with Crippen molar-refractivity contribution in [3.8, 4) is 0 Å². The third kappa shape index (κ3) is 1.87. The first-order valence-corrected chi connectivity index (χ1v) is 8.21. The monoisotopic (exact) mass is 319 g/mol. The molecular formula is C20H17NOS. The molecule has 1 N–H and O–H groups in total. The second kappa shape index (κ2) is 5.15. The SMILES string of the molecule is CCN1C(=S)c2c(ccc3ccccc23)C1(O)c1ccccc1. The van der Waals surface area contributed by atoms with E-state index >= 15 is 0 Å². The predicted molar refractivity (Wildman–Crippen MR) is 97.5 cm³/mol. The molecular weight excluding hydrogens is 302 g/mol. The van der Waals surface area contributed by atoms with Crippen LogP contribution >= 0.6 is 12.2 Å². The molecule has 114 valence electrons. The van der Waals surface area contributed by atoms with Gasteiger partial charge in [0, 0.05) is 23.2 Å². The van der Waals surface area contributed by atoms with Gasteiger partial charge in [-0.1, -0.05) is 78.9 Å². The van der Waals surface area contributed by atoms with Gasteiger partial charge in [0.15, 0.2) is 5.72 Å². The average Bonchev–Trinajstić information content (AvgIpc) is 2.84. The number of aliphatic hydroxyl groups is 1. The predicted octanol–water partition coefficient (Wildman–Crippen LogP) is 4.04. The van der Waals surface area contributed by atoms with E-state index in [1.54, 1.807) is 0 Å². The Bertz CT molecular complexity index is 906. The number of rotatable bonds is 2. The van der Waals surface area contributed by atoms with Crippen LogP contribution in [0.3, 0.4) is 0 Å². The molecule has 23 heavy (non-hydrogen) atoms. The topological polar surface area (TPSA) is 23.5 Å². The smallest absolute Gasteiger partial charge is 0.192 e. The summed E-state index contributed by atoms with van der Waals surface area (Å²) in [5.74, 6) is 0. The largest absolute Gasteiger partial charge is 0.363 e. The standard InChI is InChI=1S/C20H17NOS/c1-2-21-19(23)18-16-11-7-6-8-14(16)12-13-17(18)20(21,22)15-9-4-3-5-10-15/h3-13,22H,2H2,1H3. The molecule has 0 spiro atoms. The Morgan fingerprint density at radius 2 is 1.65 bits per heavy atom. The number of thiocarbonyl (C=S) groups is 1. The summed E-state index contributed by atoms with van der Waals surface area (Å²) in [4.78, 5) is 2.63. The molecule has 1 atom stereocenters. The maximum absolute atomic E-state index is 11.6. The van der Waals surface area contributed by atoms with Gasteiger partial charge in [-0.05, 0) is 17.7 Å². The lowest BCUT2D eigenvalue weighted by Crippen LogP contribution is -2.44. The highest BCUT2D eigenvalue weighted by molar-refractivity contribution is 7.80. The molecule has 0 saturated heterocycles. The molecule has 1 aliphatic rings. The molecule has 1 heterocycles. The Hall–Kier alpha value is -2.23. The van der Waals surface area contributed by atoms with Gasteiger partial charge in [-0.15, -0.1) is 0 Å². The molecule has 3 aromatic carbocycles. The van der Waals surface area contributed by atoms with Gasteiger partial charge >= 0.3 is 0 Å². The third-order valence-corrected chi connectivity index (χ3v) is 5.07. The number of hydrogen-bond acceptors (Lipinski definition) is 2. The Labute approximate surface area is 141 Å². The van der Waals surface area contributed by atoms with E-state index in [1.165, 1.54) is 0 Å². The summed E-state index contributed by atoms with van der Waals surface area (Å²) in [6.45, 7) is 2.67. The molecule has 0 saturated carbocycles. The quantitative estimate of drug-likeness (QED) is 0.721. The van der Waals surface area contributed by atoms with E-state index in [2.05, 4.69) is 18.2 Å². The first-order chi connectivity index (χ1) is 11.2. The van der Waals surface area contributed by atoms with Crippen LogP contribution in [0.5, 0.6) is 0 Å². The summed E-state index contributed by atoms with van der Waals surface area (Å²) in [6.07, 6.45) is 0. The van der Waals surface area contributed by atoms with E-state index in [1.807, 2.05) is 60.4 Å². The van der Waals surface area contributed by atoms with Crippen molar-refractivity contribution < 1.29 is 5.11 Å². The Kier molecular flexibility index (Phi) is 3.22.